The summed E-state index contributed by atoms with van der Waals surface area (Å²) in [4.78, 5) is 0. The van der Waals surface area contributed by atoms with E-state index >= 15 is 0 Å². The first kappa shape index (κ1) is 11.7. The zero-order valence-electron chi connectivity index (χ0n) is 10.0. The molecule has 0 aliphatic carbocycles. The second kappa shape index (κ2) is 4.43. The first-order valence-electron chi connectivity index (χ1n) is 5.03. The third kappa shape index (κ3) is 2.01. The summed E-state index contributed by atoms with van der Waals surface area (Å²) in [6, 6.07) is 1.98. The average molecular weight is 209 g/mol. The van der Waals surface area contributed by atoms with Crippen LogP contribution in [0.4, 0.5) is 5.69 Å². The molecule has 15 heavy (non-hydrogen) atoms. The fraction of sp³-hybridized carbons (Fsp3) is 0.500. The van der Waals surface area contributed by atoms with Gasteiger partial charge >= 0.3 is 0 Å². The van der Waals surface area contributed by atoms with Crippen LogP contribution in [0.2, 0.25) is 0 Å². The average Bonchev–Trinajstić information content (AvgIpc) is 2.18. The Bertz CT molecular complexity index is 359. The van der Waals surface area contributed by atoms with Crippen LogP contribution < -0.4 is 15.2 Å². The van der Waals surface area contributed by atoms with Crippen molar-refractivity contribution < 1.29 is 9.47 Å². The Labute approximate surface area is 91.2 Å². The maximum atomic E-state index is 6.04. The first-order chi connectivity index (χ1) is 7.02. The molecular formula is C12H19NO2. The smallest absolute Gasteiger partial charge is 0.148 e. The molecule has 1 aromatic rings. The van der Waals surface area contributed by atoms with Crippen molar-refractivity contribution in [2.45, 2.75) is 26.7 Å². The van der Waals surface area contributed by atoms with Crippen LogP contribution in [0.15, 0.2) is 6.07 Å². The molecule has 0 saturated heterocycles. The zero-order valence-corrected chi connectivity index (χ0v) is 10.0. The summed E-state index contributed by atoms with van der Waals surface area (Å²) < 4.78 is 10.6. The summed E-state index contributed by atoms with van der Waals surface area (Å²) in [5.74, 6) is 1.90. The second-order valence-corrected chi connectivity index (χ2v) is 3.89. The van der Waals surface area contributed by atoms with Gasteiger partial charge in [0, 0.05) is 5.56 Å². The summed E-state index contributed by atoms with van der Waals surface area (Å²) in [6.45, 7) is 6.14. The minimum absolute atomic E-state index is 0.355. The minimum Gasteiger partial charge on any atom is -0.496 e. The van der Waals surface area contributed by atoms with Gasteiger partial charge < -0.3 is 15.2 Å². The normalized spacial score (nSPS) is 10.5. The van der Waals surface area contributed by atoms with Crippen LogP contribution in [-0.2, 0) is 0 Å². The van der Waals surface area contributed by atoms with E-state index in [1.165, 1.54) is 0 Å². The van der Waals surface area contributed by atoms with Gasteiger partial charge in [-0.25, -0.2) is 0 Å². The Morgan fingerprint density at radius 2 is 1.80 bits per heavy atom. The van der Waals surface area contributed by atoms with Gasteiger partial charge in [-0.3, -0.25) is 0 Å². The first-order valence-corrected chi connectivity index (χ1v) is 5.03. The standard InChI is InChI=1S/C12H19NO2/c1-7(2)9-6-10(14-4)8(3)12(15-5)11(9)13/h6-7H,13H2,1-5H3. The molecule has 2 N–H and O–H groups in total. The summed E-state index contributed by atoms with van der Waals surface area (Å²) in [6.07, 6.45) is 0. The van der Waals surface area contributed by atoms with E-state index in [0.29, 0.717) is 11.6 Å². The summed E-state index contributed by atoms with van der Waals surface area (Å²) in [7, 11) is 3.28. The van der Waals surface area contributed by atoms with E-state index in [1.54, 1.807) is 14.2 Å². The molecule has 0 saturated carbocycles. The number of anilines is 1. The third-order valence-electron chi connectivity index (χ3n) is 2.60. The van der Waals surface area contributed by atoms with Crippen LogP contribution >= 0.6 is 0 Å². The van der Waals surface area contributed by atoms with Crippen molar-refractivity contribution in [1.82, 2.24) is 0 Å². The molecule has 1 rings (SSSR count). The van der Waals surface area contributed by atoms with Gasteiger partial charge in [0.05, 0.1) is 19.9 Å². The highest BCUT2D eigenvalue weighted by molar-refractivity contribution is 5.66. The van der Waals surface area contributed by atoms with Crippen molar-refractivity contribution in [3.8, 4) is 11.5 Å². The van der Waals surface area contributed by atoms with Crippen LogP contribution in [0.25, 0.3) is 0 Å². The highest BCUT2D eigenvalue weighted by Gasteiger charge is 2.16. The fourth-order valence-corrected chi connectivity index (χ4v) is 1.72. The Hall–Kier alpha value is -1.38. The molecule has 0 aliphatic rings. The van der Waals surface area contributed by atoms with E-state index in [-0.39, 0.29) is 0 Å². The minimum atomic E-state index is 0.355. The maximum absolute atomic E-state index is 6.04. The van der Waals surface area contributed by atoms with Gasteiger partial charge in [-0.05, 0) is 24.5 Å². The molecule has 0 atom stereocenters. The van der Waals surface area contributed by atoms with Crippen molar-refractivity contribution in [2.24, 2.45) is 0 Å². The van der Waals surface area contributed by atoms with Gasteiger partial charge in [0.15, 0.2) is 0 Å². The predicted molar refractivity (Wildman–Crippen MR) is 62.8 cm³/mol. The van der Waals surface area contributed by atoms with Gasteiger partial charge in [0.1, 0.15) is 11.5 Å². The number of hydrogen-bond donors (Lipinski definition) is 1. The van der Waals surface area contributed by atoms with Crippen molar-refractivity contribution in [3.05, 3.63) is 17.2 Å². The molecule has 0 fully saturated rings. The van der Waals surface area contributed by atoms with Gasteiger partial charge in [-0.15, -0.1) is 0 Å². The number of methoxy groups -OCH3 is 2. The second-order valence-electron chi connectivity index (χ2n) is 3.89. The highest BCUT2D eigenvalue weighted by Crippen LogP contribution is 2.39. The lowest BCUT2D eigenvalue weighted by Gasteiger charge is -2.18. The van der Waals surface area contributed by atoms with Crippen LogP contribution in [0.1, 0.15) is 30.9 Å². The molecule has 0 radical (unpaired) electrons. The number of benzene rings is 1. The van der Waals surface area contributed by atoms with Crippen LogP contribution in [0.3, 0.4) is 0 Å². The number of hydrogen-bond acceptors (Lipinski definition) is 3. The Balaban J connectivity index is 3.44. The molecule has 84 valence electrons. The van der Waals surface area contributed by atoms with Crippen molar-refractivity contribution >= 4 is 5.69 Å². The third-order valence-corrected chi connectivity index (χ3v) is 2.60. The van der Waals surface area contributed by atoms with Crippen LogP contribution in [0, 0.1) is 6.92 Å². The van der Waals surface area contributed by atoms with E-state index in [4.69, 9.17) is 15.2 Å². The predicted octanol–water partition coefficient (Wildman–Crippen LogP) is 2.72. The summed E-state index contributed by atoms with van der Waals surface area (Å²) in [5.41, 5.74) is 8.76. The Morgan fingerprint density at radius 3 is 2.20 bits per heavy atom. The molecule has 0 amide bonds. The maximum Gasteiger partial charge on any atom is 0.148 e. The van der Waals surface area contributed by atoms with E-state index in [2.05, 4.69) is 13.8 Å². The topological polar surface area (TPSA) is 44.5 Å². The number of ether oxygens (including phenoxy) is 2. The SMILES string of the molecule is COc1cc(C(C)C)c(N)c(OC)c1C. The van der Waals surface area contributed by atoms with E-state index in [1.807, 2.05) is 13.0 Å². The molecule has 3 heteroatoms. The van der Waals surface area contributed by atoms with E-state index in [9.17, 15) is 0 Å². The Morgan fingerprint density at radius 1 is 1.20 bits per heavy atom. The van der Waals surface area contributed by atoms with Gasteiger partial charge in [-0.2, -0.15) is 0 Å². The largest absolute Gasteiger partial charge is 0.496 e. The molecule has 0 unspecified atom stereocenters. The lowest BCUT2D eigenvalue weighted by Crippen LogP contribution is -2.03. The number of rotatable bonds is 3. The molecule has 3 nitrogen and oxygen atoms in total. The van der Waals surface area contributed by atoms with Crippen molar-refractivity contribution in [2.75, 3.05) is 20.0 Å². The van der Waals surface area contributed by atoms with Crippen molar-refractivity contribution in [3.63, 3.8) is 0 Å². The van der Waals surface area contributed by atoms with Gasteiger partial charge in [-0.1, -0.05) is 13.8 Å². The molecule has 0 aliphatic heterocycles. The molecular weight excluding hydrogens is 190 g/mol. The molecule has 0 aromatic heterocycles. The molecule has 0 bridgehead atoms. The van der Waals surface area contributed by atoms with Gasteiger partial charge in [0.2, 0.25) is 0 Å². The zero-order chi connectivity index (χ0) is 11.6. The lowest BCUT2D eigenvalue weighted by molar-refractivity contribution is 0.389. The van der Waals surface area contributed by atoms with Crippen LogP contribution in [0.5, 0.6) is 11.5 Å². The molecule has 1 aromatic carbocycles. The van der Waals surface area contributed by atoms with E-state index in [0.717, 1.165) is 22.6 Å². The Kier molecular flexibility index (Phi) is 3.45. The van der Waals surface area contributed by atoms with Gasteiger partial charge in [0.25, 0.3) is 0 Å². The molecule has 0 heterocycles. The summed E-state index contributed by atoms with van der Waals surface area (Å²) in [5, 5.41) is 0. The monoisotopic (exact) mass is 209 g/mol. The fourth-order valence-electron chi connectivity index (χ4n) is 1.72. The lowest BCUT2D eigenvalue weighted by atomic mass is 9.98. The molecule has 0 spiro atoms. The van der Waals surface area contributed by atoms with Crippen LogP contribution in [-0.4, -0.2) is 14.2 Å². The quantitative estimate of drug-likeness (QED) is 0.778. The van der Waals surface area contributed by atoms with E-state index < -0.39 is 0 Å². The number of nitrogen functional groups attached to an aromatic ring is 1. The highest BCUT2D eigenvalue weighted by atomic mass is 16.5. The van der Waals surface area contributed by atoms with Crippen molar-refractivity contribution in [1.29, 1.82) is 0 Å². The number of nitrogens with two attached hydrogens (primary N) is 1. The summed E-state index contributed by atoms with van der Waals surface area (Å²) >= 11 is 0.